The quantitative estimate of drug-likeness (QED) is 0.841. The lowest BCUT2D eigenvalue weighted by molar-refractivity contribution is -0.131. The maximum absolute atomic E-state index is 12.5. The molecule has 0 unspecified atom stereocenters. The van der Waals surface area contributed by atoms with Crippen molar-refractivity contribution in [1.82, 2.24) is 4.90 Å². The summed E-state index contributed by atoms with van der Waals surface area (Å²) in [6, 6.07) is 14.8. The molecule has 3 rings (SSSR count). The van der Waals surface area contributed by atoms with Crippen LogP contribution in [-0.2, 0) is 11.2 Å². The highest BCUT2D eigenvalue weighted by atomic mass is 16.3. The lowest BCUT2D eigenvalue weighted by Gasteiger charge is -2.36. The minimum Gasteiger partial charge on any atom is -0.506 e. The molecule has 1 fully saturated rings. The van der Waals surface area contributed by atoms with E-state index in [0.717, 1.165) is 24.3 Å². The third-order valence-electron chi connectivity index (χ3n) is 4.84. The number of phenols is 1. The summed E-state index contributed by atoms with van der Waals surface area (Å²) in [7, 11) is 0. The van der Waals surface area contributed by atoms with Crippen molar-refractivity contribution in [2.75, 3.05) is 31.1 Å². The summed E-state index contributed by atoms with van der Waals surface area (Å²) >= 11 is 0. The molecule has 0 bridgehead atoms. The number of benzene rings is 2. The molecule has 2 aromatic carbocycles. The fourth-order valence-corrected chi connectivity index (χ4v) is 3.24. The van der Waals surface area contributed by atoms with E-state index in [0.29, 0.717) is 31.5 Å². The number of rotatable bonds is 5. The molecule has 5 heteroatoms. The molecule has 1 heterocycles. The molecule has 0 aromatic heterocycles. The van der Waals surface area contributed by atoms with Gasteiger partial charge in [-0.1, -0.05) is 36.4 Å². The Labute approximate surface area is 153 Å². The summed E-state index contributed by atoms with van der Waals surface area (Å²) < 4.78 is 0. The molecule has 1 saturated heterocycles. The molecule has 1 aliphatic heterocycles. The second-order valence-electron chi connectivity index (χ2n) is 6.61. The lowest BCUT2D eigenvalue weighted by Crippen LogP contribution is -2.48. The zero-order valence-electron chi connectivity index (χ0n) is 15.0. The summed E-state index contributed by atoms with van der Waals surface area (Å²) in [5, 5.41) is 9.96. The number of amides is 1. The summed E-state index contributed by atoms with van der Waals surface area (Å²) in [4.78, 5) is 27.8. The summed E-state index contributed by atoms with van der Waals surface area (Å²) in [5.74, 6) is 0.480. The van der Waals surface area contributed by atoms with Crippen LogP contribution in [0.1, 0.15) is 29.3 Å². The van der Waals surface area contributed by atoms with Gasteiger partial charge in [0.2, 0.25) is 5.91 Å². The number of para-hydroxylation sites is 2. The third kappa shape index (κ3) is 4.23. The summed E-state index contributed by atoms with van der Waals surface area (Å²) in [5.41, 5.74) is 2.58. The Bertz CT molecular complexity index is 778. The summed E-state index contributed by atoms with van der Waals surface area (Å²) in [6.07, 6.45) is 1.15. The van der Waals surface area contributed by atoms with Crippen molar-refractivity contribution in [3.8, 4) is 5.75 Å². The van der Waals surface area contributed by atoms with Crippen molar-refractivity contribution in [2.24, 2.45) is 0 Å². The summed E-state index contributed by atoms with van der Waals surface area (Å²) in [6.45, 7) is 4.31. The van der Waals surface area contributed by atoms with Gasteiger partial charge in [0, 0.05) is 38.2 Å². The Balaban J connectivity index is 1.49. The number of piperazine rings is 1. The first kappa shape index (κ1) is 18.0. The van der Waals surface area contributed by atoms with Gasteiger partial charge in [0.15, 0.2) is 5.78 Å². The molecular formula is C21H24N2O3. The highest BCUT2D eigenvalue weighted by molar-refractivity contribution is 5.94. The van der Waals surface area contributed by atoms with Crippen molar-refractivity contribution in [2.45, 2.75) is 19.8 Å². The monoisotopic (exact) mass is 352 g/mol. The van der Waals surface area contributed by atoms with Crippen LogP contribution in [0.15, 0.2) is 48.5 Å². The van der Waals surface area contributed by atoms with Gasteiger partial charge in [0.05, 0.1) is 5.69 Å². The first-order chi connectivity index (χ1) is 12.5. The molecule has 136 valence electrons. The van der Waals surface area contributed by atoms with Gasteiger partial charge in [-0.2, -0.15) is 0 Å². The topological polar surface area (TPSA) is 60.9 Å². The number of Topliss-reactive ketones (excluding diaryl/α,β-unsaturated/α-hetero) is 1. The maximum Gasteiger partial charge on any atom is 0.223 e. The average Bonchev–Trinajstić information content (AvgIpc) is 2.67. The number of anilines is 1. The van der Waals surface area contributed by atoms with E-state index in [4.69, 9.17) is 0 Å². The number of hydrogen-bond acceptors (Lipinski definition) is 4. The maximum atomic E-state index is 12.5. The minimum absolute atomic E-state index is 0.0509. The molecular weight excluding hydrogens is 328 g/mol. The van der Waals surface area contributed by atoms with Crippen LogP contribution in [-0.4, -0.2) is 47.9 Å². The number of aryl methyl sites for hydroxylation is 1. The van der Waals surface area contributed by atoms with E-state index in [9.17, 15) is 14.7 Å². The minimum atomic E-state index is 0.0509. The fourth-order valence-electron chi connectivity index (χ4n) is 3.24. The molecule has 1 amide bonds. The molecule has 0 spiro atoms. The van der Waals surface area contributed by atoms with E-state index in [-0.39, 0.29) is 17.4 Å². The molecule has 0 saturated carbocycles. The van der Waals surface area contributed by atoms with Crippen molar-refractivity contribution in [3.63, 3.8) is 0 Å². The number of nitrogens with zero attached hydrogens (tertiary/aromatic N) is 2. The van der Waals surface area contributed by atoms with Crippen LogP contribution < -0.4 is 4.90 Å². The number of ketones is 1. The van der Waals surface area contributed by atoms with E-state index >= 15 is 0 Å². The van der Waals surface area contributed by atoms with Crippen LogP contribution in [0.2, 0.25) is 0 Å². The SMILES string of the molecule is CC(=O)c1ccc(CCC(=O)N2CCN(c3ccccc3O)CC2)cc1. The molecule has 1 N–H and O–H groups in total. The Kier molecular flexibility index (Phi) is 5.56. The van der Waals surface area contributed by atoms with Crippen LogP contribution in [0.25, 0.3) is 0 Å². The van der Waals surface area contributed by atoms with Gasteiger partial charge in [-0.15, -0.1) is 0 Å². The molecule has 5 nitrogen and oxygen atoms in total. The first-order valence-electron chi connectivity index (χ1n) is 8.95. The smallest absolute Gasteiger partial charge is 0.223 e. The highest BCUT2D eigenvalue weighted by Crippen LogP contribution is 2.27. The third-order valence-corrected chi connectivity index (χ3v) is 4.84. The Morgan fingerprint density at radius 3 is 2.23 bits per heavy atom. The van der Waals surface area contributed by atoms with Crippen LogP contribution in [0.5, 0.6) is 5.75 Å². The van der Waals surface area contributed by atoms with Gasteiger partial charge >= 0.3 is 0 Å². The second kappa shape index (κ2) is 8.04. The van der Waals surface area contributed by atoms with Crippen molar-refractivity contribution < 1.29 is 14.7 Å². The predicted octanol–water partition coefficient (Wildman–Crippen LogP) is 2.88. The molecule has 0 radical (unpaired) electrons. The zero-order chi connectivity index (χ0) is 18.5. The largest absolute Gasteiger partial charge is 0.506 e. The number of hydrogen-bond donors (Lipinski definition) is 1. The number of aromatic hydroxyl groups is 1. The van der Waals surface area contributed by atoms with E-state index < -0.39 is 0 Å². The van der Waals surface area contributed by atoms with Crippen LogP contribution in [0.3, 0.4) is 0 Å². The van der Waals surface area contributed by atoms with Gasteiger partial charge < -0.3 is 14.9 Å². The fraction of sp³-hybridized carbons (Fsp3) is 0.333. The van der Waals surface area contributed by atoms with Crippen molar-refractivity contribution in [1.29, 1.82) is 0 Å². The zero-order valence-corrected chi connectivity index (χ0v) is 15.0. The van der Waals surface area contributed by atoms with E-state index in [1.807, 2.05) is 47.4 Å². The Morgan fingerprint density at radius 1 is 0.962 bits per heavy atom. The van der Waals surface area contributed by atoms with Gasteiger partial charge in [-0.05, 0) is 31.0 Å². The lowest BCUT2D eigenvalue weighted by atomic mass is 10.1. The second-order valence-corrected chi connectivity index (χ2v) is 6.61. The highest BCUT2D eigenvalue weighted by Gasteiger charge is 2.22. The number of phenolic OH excluding ortho intramolecular Hbond substituents is 1. The van der Waals surface area contributed by atoms with Gasteiger partial charge in [-0.25, -0.2) is 0 Å². The van der Waals surface area contributed by atoms with Gasteiger partial charge in [-0.3, -0.25) is 9.59 Å². The van der Waals surface area contributed by atoms with Crippen LogP contribution in [0.4, 0.5) is 5.69 Å². The van der Waals surface area contributed by atoms with Crippen LogP contribution >= 0.6 is 0 Å². The van der Waals surface area contributed by atoms with Crippen molar-refractivity contribution in [3.05, 3.63) is 59.7 Å². The number of carbonyl (C=O) groups excluding carboxylic acids is 2. The molecule has 0 aliphatic carbocycles. The van der Waals surface area contributed by atoms with E-state index in [1.54, 1.807) is 13.0 Å². The number of carbonyl (C=O) groups is 2. The van der Waals surface area contributed by atoms with Gasteiger partial charge in [0.1, 0.15) is 5.75 Å². The normalized spacial score (nSPS) is 14.3. The molecule has 2 aromatic rings. The molecule has 1 aliphatic rings. The molecule has 26 heavy (non-hydrogen) atoms. The molecule has 0 atom stereocenters. The first-order valence-corrected chi connectivity index (χ1v) is 8.95. The van der Waals surface area contributed by atoms with Crippen LogP contribution in [0, 0.1) is 0 Å². The predicted molar refractivity (Wildman–Crippen MR) is 102 cm³/mol. The standard InChI is InChI=1S/C21H24N2O3/c1-16(24)18-9-6-17(7-10-18)8-11-21(26)23-14-12-22(13-15-23)19-4-2-3-5-20(19)25/h2-7,9-10,25H,8,11-15H2,1H3. The average molecular weight is 352 g/mol. The van der Waals surface area contributed by atoms with Crippen molar-refractivity contribution >= 4 is 17.4 Å². The van der Waals surface area contributed by atoms with E-state index in [2.05, 4.69) is 4.90 Å². The van der Waals surface area contributed by atoms with E-state index in [1.165, 1.54) is 0 Å². The Hall–Kier alpha value is -2.82. The van der Waals surface area contributed by atoms with Gasteiger partial charge in [0.25, 0.3) is 0 Å². The Morgan fingerprint density at radius 2 is 1.62 bits per heavy atom.